The van der Waals surface area contributed by atoms with Crippen LogP contribution in [0.4, 0.5) is 10.5 Å². The van der Waals surface area contributed by atoms with Crippen LogP contribution in [0.25, 0.3) is 0 Å². The Morgan fingerprint density at radius 3 is 2.79 bits per heavy atom. The Hall–Kier alpha value is -1.89. The zero-order chi connectivity index (χ0) is 17.2. The highest BCUT2D eigenvalue weighted by Crippen LogP contribution is 2.14. The number of hydrogen-bond donors (Lipinski definition) is 3. The van der Waals surface area contributed by atoms with Gasteiger partial charge in [0.25, 0.3) is 0 Å². The van der Waals surface area contributed by atoms with Crippen molar-refractivity contribution in [3.8, 4) is 0 Å². The highest BCUT2D eigenvalue weighted by Gasteiger charge is 2.17. The van der Waals surface area contributed by atoms with Crippen molar-refractivity contribution in [2.45, 2.75) is 19.4 Å². The number of benzene rings is 1. The molecule has 0 saturated carbocycles. The SMILES string of the molecule is CN=C(NCCSC)NCc1cccc(NC(=O)N2CCCC2)c1. The number of guanidine groups is 1. The molecule has 0 radical (unpaired) electrons. The van der Waals surface area contributed by atoms with Gasteiger partial charge in [-0.2, -0.15) is 11.8 Å². The maximum atomic E-state index is 12.2. The predicted molar refractivity (Wildman–Crippen MR) is 103 cm³/mol. The van der Waals surface area contributed by atoms with Crippen LogP contribution in [0, 0.1) is 0 Å². The summed E-state index contributed by atoms with van der Waals surface area (Å²) in [7, 11) is 1.76. The predicted octanol–water partition coefficient (Wildman–Crippen LogP) is 2.34. The molecular weight excluding hydrogens is 322 g/mol. The van der Waals surface area contributed by atoms with Gasteiger partial charge in [0.15, 0.2) is 5.96 Å². The van der Waals surface area contributed by atoms with Crippen LogP contribution in [-0.4, -0.2) is 55.6 Å². The zero-order valence-corrected chi connectivity index (χ0v) is 15.3. The summed E-state index contributed by atoms with van der Waals surface area (Å²) in [4.78, 5) is 18.2. The van der Waals surface area contributed by atoms with Crippen LogP contribution in [-0.2, 0) is 6.54 Å². The van der Waals surface area contributed by atoms with Gasteiger partial charge in [0.1, 0.15) is 0 Å². The van der Waals surface area contributed by atoms with Crippen molar-refractivity contribution >= 4 is 29.4 Å². The first-order valence-electron chi connectivity index (χ1n) is 8.31. The summed E-state index contributed by atoms with van der Waals surface area (Å²) >= 11 is 1.80. The van der Waals surface area contributed by atoms with E-state index in [1.807, 2.05) is 29.2 Å². The van der Waals surface area contributed by atoms with Crippen LogP contribution in [0.3, 0.4) is 0 Å². The Morgan fingerprint density at radius 2 is 2.08 bits per heavy atom. The fraction of sp³-hybridized carbons (Fsp3) is 0.529. The summed E-state index contributed by atoms with van der Waals surface area (Å²) in [5.74, 6) is 1.83. The van der Waals surface area contributed by atoms with Gasteiger partial charge in [-0.1, -0.05) is 12.1 Å². The first-order chi connectivity index (χ1) is 11.7. The second kappa shape index (κ2) is 10.1. The Kier molecular flexibility index (Phi) is 7.74. The lowest BCUT2D eigenvalue weighted by atomic mass is 10.2. The molecule has 1 aromatic rings. The van der Waals surface area contributed by atoms with Crippen LogP contribution in [0.15, 0.2) is 29.3 Å². The van der Waals surface area contributed by atoms with Gasteiger partial charge in [-0.25, -0.2) is 4.79 Å². The van der Waals surface area contributed by atoms with E-state index in [1.165, 1.54) is 0 Å². The van der Waals surface area contributed by atoms with Crippen molar-refractivity contribution in [2.75, 3.05) is 44.0 Å². The van der Waals surface area contributed by atoms with E-state index in [1.54, 1.807) is 18.8 Å². The minimum absolute atomic E-state index is 0.00727. The van der Waals surface area contributed by atoms with E-state index in [9.17, 15) is 4.79 Å². The molecule has 24 heavy (non-hydrogen) atoms. The largest absolute Gasteiger partial charge is 0.356 e. The first-order valence-corrected chi connectivity index (χ1v) is 9.70. The number of likely N-dealkylation sites (tertiary alicyclic amines) is 1. The summed E-state index contributed by atoms with van der Waals surface area (Å²) in [6.07, 6.45) is 4.28. The molecule has 0 unspecified atom stereocenters. The summed E-state index contributed by atoms with van der Waals surface area (Å²) in [5.41, 5.74) is 1.93. The molecule has 1 fully saturated rings. The quantitative estimate of drug-likeness (QED) is 0.419. The summed E-state index contributed by atoms with van der Waals surface area (Å²) in [5, 5.41) is 9.53. The summed E-state index contributed by atoms with van der Waals surface area (Å²) in [6.45, 7) is 3.25. The Bertz CT molecular complexity index is 558. The van der Waals surface area contributed by atoms with Gasteiger partial charge in [0, 0.05) is 44.7 Å². The molecule has 1 aliphatic rings. The van der Waals surface area contributed by atoms with E-state index >= 15 is 0 Å². The number of urea groups is 1. The van der Waals surface area contributed by atoms with Crippen LogP contribution >= 0.6 is 11.8 Å². The lowest BCUT2D eigenvalue weighted by Gasteiger charge is -2.17. The molecule has 2 amide bonds. The van der Waals surface area contributed by atoms with E-state index in [2.05, 4.69) is 27.2 Å². The monoisotopic (exact) mass is 349 g/mol. The Balaban J connectivity index is 1.84. The average Bonchev–Trinajstić information content (AvgIpc) is 3.13. The molecular formula is C17H27N5OS. The van der Waals surface area contributed by atoms with Gasteiger partial charge in [0.2, 0.25) is 0 Å². The number of thioether (sulfide) groups is 1. The molecule has 0 bridgehead atoms. The van der Waals surface area contributed by atoms with Gasteiger partial charge in [-0.15, -0.1) is 0 Å². The molecule has 0 aliphatic carbocycles. The number of carbonyl (C=O) groups excluding carboxylic acids is 1. The second-order valence-corrected chi connectivity index (χ2v) is 6.66. The number of hydrogen-bond acceptors (Lipinski definition) is 3. The van der Waals surface area contributed by atoms with Gasteiger partial charge < -0.3 is 20.9 Å². The van der Waals surface area contributed by atoms with Crippen molar-refractivity contribution in [2.24, 2.45) is 4.99 Å². The number of aliphatic imine (C=N–C) groups is 1. The van der Waals surface area contributed by atoms with E-state index in [4.69, 9.17) is 0 Å². The number of nitrogens with one attached hydrogen (secondary N) is 3. The van der Waals surface area contributed by atoms with Gasteiger partial charge in [-0.3, -0.25) is 4.99 Å². The molecule has 1 aliphatic heterocycles. The van der Waals surface area contributed by atoms with Crippen LogP contribution in [0.2, 0.25) is 0 Å². The zero-order valence-electron chi connectivity index (χ0n) is 14.5. The minimum atomic E-state index is -0.00727. The molecule has 0 atom stereocenters. The maximum absolute atomic E-state index is 12.2. The minimum Gasteiger partial charge on any atom is -0.356 e. The number of anilines is 1. The standard InChI is InChI=1S/C17H27N5OS/c1-18-16(19-8-11-24-2)20-13-14-6-5-7-15(12-14)21-17(23)22-9-3-4-10-22/h5-7,12H,3-4,8-11,13H2,1-2H3,(H,21,23)(H2,18,19,20). The maximum Gasteiger partial charge on any atom is 0.321 e. The van der Waals surface area contributed by atoms with Gasteiger partial charge >= 0.3 is 6.03 Å². The second-order valence-electron chi connectivity index (χ2n) is 5.67. The van der Waals surface area contributed by atoms with Crippen molar-refractivity contribution in [3.05, 3.63) is 29.8 Å². The molecule has 3 N–H and O–H groups in total. The molecule has 1 aromatic carbocycles. The first kappa shape index (κ1) is 18.4. The topological polar surface area (TPSA) is 68.8 Å². The molecule has 132 valence electrons. The van der Waals surface area contributed by atoms with Crippen molar-refractivity contribution in [3.63, 3.8) is 0 Å². The lowest BCUT2D eigenvalue weighted by Crippen LogP contribution is -2.37. The summed E-state index contributed by atoms with van der Waals surface area (Å²) < 4.78 is 0. The third-order valence-electron chi connectivity index (χ3n) is 3.85. The highest BCUT2D eigenvalue weighted by atomic mass is 32.2. The van der Waals surface area contributed by atoms with E-state index in [-0.39, 0.29) is 6.03 Å². The summed E-state index contributed by atoms with van der Waals surface area (Å²) in [6, 6.07) is 7.90. The van der Waals surface area contributed by atoms with Crippen LogP contribution in [0.1, 0.15) is 18.4 Å². The fourth-order valence-electron chi connectivity index (χ4n) is 2.56. The number of amides is 2. The highest BCUT2D eigenvalue weighted by molar-refractivity contribution is 7.98. The average molecular weight is 350 g/mol. The molecule has 0 aromatic heterocycles. The molecule has 1 saturated heterocycles. The molecule has 6 nitrogen and oxygen atoms in total. The van der Waals surface area contributed by atoms with E-state index in [0.717, 1.165) is 55.4 Å². The molecule has 0 spiro atoms. The van der Waals surface area contributed by atoms with E-state index in [0.29, 0.717) is 6.54 Å². The normalized spacial score (nSPS) is 14.6. The number of nitrogens with zero attached hydrogens (tertiary/aromatic N) is 2. The van der Waals surface area contributed by atoms with Crippen molar-refractivity contribution in [1.82, 2.24) is 15.5 Å². The van der Waals surface area contributed by atoms with Crippen molar-refractivity contribution < 1.29 is 4.79 Å². The Morgan fingerprint density at radius 1 is 1.29 bits per heavy atom. The Labute approximate surface area is 148 Å². The van der Waals surface area contributed by atoms with Gasteiger partial charge in [0.05, 0.1) is 0 Å². The van der Waals surface area contributed by atoms with Gasteiger partial charge in [-0.05, 0) is 36.8 Å². The van der Waals surface area contributed by atoms with Crippen LogP contribution in [0.5, 0.6) is 0 Å². The number of carbonyl (C=O) groups is 1. The van der Waals surface area contributed by atoms with Crippen LogP contribution < -0.4 is 16.0 Å². The third kappa shape index (κ3) is 5.96. The number of rotatable bonds is 6. The molecule has 2 rings (SSSR count). The lowest BCUT2D eigenvalue weighted by molar-refractivity contribution is 0.222. The molecule has 1 heterocycles. The third-order valence-corrected chi connectivity index (χ3v) is 4.47. The van der Waals surface area contributed by atoms with E-state index < -0.39 is 0 Å². The smallest absolute Gasteiger partial charge is 0.321 e. The van der Waals surface area contributed by atoms with Crippen molar-refractivity contribution in [1.29, 1.82) is 0 Å². The fourth-order valence-corrected chi connectivity index (χ4v) is 2.87. The molecule has 7 heteroatoms.